The van der Waals surface area contributed by atoms with Gasteiger partial charge in [0.15, 0.2) is 17.5 Å². The first-order valence-corrected chi connectivity index (χ1v) is 20.3. The van der Waals surface area contributed by atoms with E-state index in [-0.39, 0.29) is 0 Å². The van der Waals surface area contributed by atoms with Crippen molar-refractivity contribution in [3.8, 4) is 51.0 Å². The smallest absolute Gasteiger partial charge is 0.164 e. The van der Waals surface area contributed by atoms with Gasteiger partial charge in [0, 0.05) is 53.3 Å². The maximum absolute atomic E-state index is 5.36. The number of rotatable bonds is 5. The summed E-state index contributed by atoms with van der Waals surface area (Å²) in [7, 11) is 0. The molecular weight excluding hydrogens is 725 g/mol. The summed E-state index contributed by atoms with van der Waals surface area (Å²) in [6.45, 7) is 0. The van der Waals surface area contributed by atoms with Gasteiger partial charge in [-0.2, -0.15) is 0 Å². The summed E-state index contributed by atoms with van der Waals surface area (Å²) in [6.07, 6.45) is 0. The second kappa shape index (κ2) is 13.1. The summed E-state index contributed by atoms with van der Waals surface area (Å²) >= 11 is 1.81. The fourth-order valence-corrected chi connectivity index (χ4v) is 9.72. The minimum Gasteiger partial charge on any atom is -0.309 e. The molecule has 58 heavy (non-hydrogen) atoms. The molecule has 3 heterocycles. The summed E-state index contributed by atoms with van der Waals surface area (Å²) in [6, 6.07) is 69.3. The molecule has 270 valence electrons. The molecule has 0 unspecified atom stereocenters. The molecule has 0 aliphatic heterocycles. The summed E-state index contributed by atoms with van der Waals surface area (Å²) < 4.78 is 4.91. The predicted octanol–water partition coefficient (Wildman–Crippen LogP) is 14.3. The van der Waals surface area contributed by atoms with Gasteiger partial charge in [0.1, 0.15) is 0 Å². The molecule has 12 rings (SSSR count). The van der Waals surface area contributed by atoms with Crippen molar-refractivity contribution < 1.29 is 0 Å². The summed E-state index contributed by atoms with van der Waals surface area (Å²) in [5.41, 5.74) is 8.46. The molecule has 0 fully saturated rings. The topological polar surface area (TPSA) is 43.6 Å². The highest BCUT2D eigenvalue weighted by molar-refractivity contribution is 7.25. The second-order valence-electron chi connectivity index (χ2n) is 14.8. The Bertz CT molecular complexity index is 3580. The van der Waals surface area contributed by atoms with Crippen molar-refractivity contribution in [3.63, 3.8) is 0 Å². The molecule has 0 N–H and O–H groups in total. The Kier molecular flexibility index (Phi) is 7.37. The maximum atomic E-state index is 5.36. The van der Waals surface area contributed by atoms with Crippen LogP contribution < -0.4 is 0 Å². The molecular formula is C53H32N4S. The van der Waals surface area contributed by atoms with Crippen molar-refractivity contribution in [2.75, 3.05) is 0 Å². The Hall–Kier alpha value is -7.47. The average molecular weight is 757 g/mol. The molecule has 0 saturated carbocycles. The van der Waals surface area contributed by atoms with E-state index in [4.69, 9.17) is 15.0 Å². The van der Waals surface area contributed by atoms with Crippen LogP contribution in [0.15, 0.2) is 194 Å². The highest BCUT2D eigenvalue weighted by Crippen LogP contribution is 2.40. The van der Waals surface area contributed by atoms with E-state index >= 15 is 0 Å². The third kappa shape index (κ3) is 5.32. The van der Waals surface area contributed by atoms with Gasteiger partial charge in [0.05, 0.1) is 11.0 Å². The Morgan fingerprint density at radius 1 is 0.328 bits per heavy atom. The lowest BCUT2D eigenvalue weighted by Crippen LogP contribution is -2.02. The number of benzene rings is 9. The molecule has 0 radical (unpaired) electrons. The van der Waals surface area contributed by atoms with Gasteiger partial charge in [-0.05, 0) is 93.3 Å². The first-order valence-electron chi connectivity index (χ1n) is 19.5. The summed E-state index contributed by atoms with van der Waals surface area (Å²) in [5.74, 6) is 1.90. The number of hydrogen-bond donors (Lipinski definition) is 0. The SMILES string of the molecule is c1ccc(-c2cccc(-c3nc(-c4ccc5sc6ccccc6c5c4)nc(-c4cc(-n5c6ccccc6c6cc7ccccc7cc65)cc5ccccc45)n3)c2)cc1. The number of fused-ring (bicyclic) bond motifs is 8. The number of thiophene rings is 1. The molecule has 0 bridgehead atoms. The van der Waals surface area contributed by atoms with E-state index in [1.54, 1.807) is 0 Å². The third-order valence-corrected chi connectivity index (χ3v) is 12.5. The molecule has 0 saturated heterocycles. The van der Waals surface area contributed by atoms with E-state index in [1.165, 1.54) is 41.7 Å². The van der Waals surface area contributed by atoms with Crippen LogP contribution in [0.3, 0.4) is 0 Å². The third-order valence-electron chi connectivity index (χ3n) is 11.4. The predicted molar refractivity (Wildman–Crippen MR) is 244 cm³/mol. The van der Waals surface area contributed by atoms with Crippen LogP contribution in [0.25, 0.3) is 115 Å². The highest BCUT2D eigenvalue weighted by Gasteiger charge is 2.19. The summed E-state index contributed by atoms with van der Waals surface area (Å²) in [5, 5.41) is 9.53. The number of hydrogen-bond acceptors (Lipinski definition) is 4. The molecule has 0 aliphatic carbocycles. The van der Waals surface area contributed by atoms with E-state index in [1.807, 2.05) is 17.4 Å². The fraction of sp³-hybridized carbons (Fsp3) is 0. The zero-order chi connectivity index (χ0) is 38.2. The highest BCUT2D eigenvalue weighted by atomic mass is 32.1. The van der Waals surface area contributed by atoms with Gasteiger partial charge in [0.2, 0.25) is 0 Å². The van der Waals surface area contributed by atoms with Crippen molar-refractivity contribution in [1.82, 2.24) is 19.5 Å². The van der Waals surface area contributed by atoms with E-state index in [0.717, 1.165) is 55.3 Å². The quantitative estimate of drug-likeness (QED) is 0.176. The lowest BCUT2D eigenvalue weighted by molar-refractivity contribution is 1.07. The Labute approximate surface area is 338 Å². The lowest BCUT2D eigenvalue weighted by Gasteiger charge is -2.15. The normalized spacial score (nSPS) is 11.8. The molecule has 3 aromatic heterocycles. The van der Waals surface area contributed by atoms with Gasteiger partial charge in [-0.3, -0.25) is 0 Å². The number of aromatic nitrogens is 4. The van der Waals surface area contributed by atoms with Crippen molar-refractivity contribution >= 4 is 74.9 Å². The van der Waals surface area contributed by atoms with Crippen LogP contribution in [0, 0.1) is 0 Å². The number of nitrogens with zero attached hydrogens (tertiary/aromatic N) is 4. The van der Waals surface area contributed by atoms with E-state index < -0.39 is 0 Å². The first kappa shape index (κ1) is 32.7. The minimum atomic E-state index is 0.629. The molecule has 12 aromatic rings. The van der Waals surface area contributed by atoms with E-state index in [0.29, 0.717) is 17.5 Å². The molecule has 4 nitrogen and oxygen atoms in total. The van der Waals surface area contributed by atoms with Gasteiger partial charge >= 0.3 is 0 Å². The van der Waals surface area contributed by atoms with Gasteiger partial charge < -0.3 is 4.57 Å². The monoisotopic (exact) mass is 756 g/mol. The van der Waals surface area contributed by atoms with Crippen molar-refractivity contribution in [2.24, 2.45) is 0 Å². The first-order chi connectivity index (χ1) is 28.7. The van der Waals surface area contributed by atoms with E-state index in [2.05, 4.69) is 193 Å². The Morgan fingerprint density at radius 3 is 1.79 bits per heavy atom. The zero-order valence-electron chi connectivity index (χ0n) is 31.2. The molecule has 9 aromatic carbocycles. The standard InChI is InChI=1S/C53H32N4S/c1-2-13-33(14-3-1)34-18-12-19-38(27-34)51-54-52(39-25-26-50-45(30-39)43-22-9-11-24-49(43)58-50)56-53(55-51)46-32-40(28-37-17-6-7-20-41(37)46)57-47-23-10-8-21-42(47)44-29-35-15-4-5-16-36(35)31-48(44)57/h1-32H. The molecule has 0 atom stereocenters. The van der Waals surface area contributed by atoms with Crippen LogP contribution in [0.4, 0.5) is 0 Å². The van der Waals surface area contributed by atoms with Crippen molar-refractivity contribution in [2.45, 2.75) is 0 Å². The van der Waals surface area contributed by atoms with Gasteiger partial charge in [0.25, 0.3) is 0 Å². The Balaban J connectivity index is 1.12. The van der Waals surface area contributed by atoms with Crippen LogP contribution >= 0.6 is 11.3 Å². The van der Waals surface area contributed by atoms with Crippen LogP contribution in [0.2, 0.25) is 0 Å². The second-order valence-corrected chi connectivity index (χ2v) is 15.9. The molecule has 0 spiro atoms. The molecule has 0 aliphatic rings. The molecule has 0 amide bonds. The number of para-hydroxylation sites is 1. The molecule has 5 heteroatoms. The zero-order valence-corrected chi connectivity index (χ0v) is 32.0. The van der Waals surface area contributed by atoms with Crippen molar-refractivity contribution in [3.05, 3.63) is 194 Å². The van der Waals surface area contributed by atoms with Crippen LogP contribution in [0.1, 0.15) is 0 Å². The lowest BCUT2D eigenvalue weighted by atomic mass is 10.0. The van der Waals surface area contributed by atoms with E-state index in [9.17, 15) is 0 Å². The average Bonchev–Trinajstić information content (AvgIpc) is 3.83. The minimum absolute atomic E-state index is 0.629. The summed E-state index contributed by atoms with van der Waals surface area (Å²) in [4.78, 5) is 16.0. The van der Waals surface area contributed by atoms with Gasteiger partial charge in [-0.1, -0.05) is 133 Å². The van der Waals surface area contributed by atoms with Crippen molar-refractivity contribution in [1.29, 1.82) is 0 Å². The van der Waals surface area contributed by atoms with Crippen LogP contribution in [-0.4, -0.2) is 19.5 Å². The maximum Gasteiger partial charge on any atom is 0.164 e. The van der Waals surface area contributed by atoms with Crippen LogP contribution in [0.5, 0.6) is 0 Å². The fourth-order valence-electron chi connectivity index (χ4n) is 8.63. The van der Waals surface area contributed by atoms with Gasteiger partial charge in [-0.15, -0.1) is 11.3 Å². The Morgan fingerprint density at radius 2 is 0.948 bits per heavy atom. The van der Waals surface area contributed by atoms with Gasteiger partial charge in [-0.25, -0.2) is 15.0 Å². The van der Waals surface area contributed by atoms with Crippen LogP contribution in [-0.2, 0) is 0 Å². The largest absolute Gasteiger partial charge is 0.309 e.